The number of ether oxygens (including phenoxy) is 2. The SMILES string of the molecule is CC(C)(C)c1ccc(CCOc2ccc3c(=O)cc(N4CCOCC4)oc3c2)cc1. The van der Waals surface area contributed by atoms with Crippen LogP contribution in [0.4, 0.5) is 5.88 Å². The Kier molecular flexibility index (Phi) is 5.82. The molecule has 2 aromatic carbocycles. The van der Waals surface area contributed by atoms with E-state index in [0.717, 1.165) is 19.5 Å². The van der Waals surface area contributed by atoms with Crippen LogP contribution in [0.3, 0.4) is 0 Å². The van der Waals surface area contributed by atoms with Crippen molar-refractivity contribution in [2.75, 3.05) is 37.8 Å². The topological polar surface area (TPSA) is 51.9 Å². The van der Waals surface area contributed by atoms with Crippen LogP contribution in [-0.2, 0) is 16.6 Å². The molecule has 0 radical (unpaired) electrons. The third kappa shape index (κ3) is 4.68. The zero-order valence-corrected chi connectivity index (χ0v) is 17.9. The van der Waals surface area contributed by atoms with Gasteiger partial charge in [0.25, 0.3) is 0 Å². The summed E-state index contributed by atoms with van der Waals surface area (Å²) in [4.78, 5) is 14.5. The van der Waals surface area contributed by atoms with Gasteiger partial charge in [-0.3, -0.25) is 4.79 Å². The Morgan fingerprint density at radius 3 is 2.43 bits per heavy atom. The van der Waals surface area contributed by atoms with Gasteiger partial charge in [0.15, 0.2) is 11.3 Å². The lowest BCUT2D eigenvalue weighted by Gasteiger charge is -2.27. The molecule has 158 valence electrons. The number of rotatable bonds is 5. The molecule has 1 aromatic heterocycles. The Morgan fingerprint density at radius 2 is 1.73 bits per heavy atom. The molecule has 5 nitrogen and oxygen atoms in total. The highest BCUT2D eigenvalue weighted by Crippen LogP contribution is 2.25. The van der Waals surface area contributed by atoms with Crippen LogP contribution in [0.15, 0.2) is 57.7 Å². The number of hydrogen-bond donors (Lipinski definition) is 0. The molecule has 1 fully saturated rings. The third-order valence-corrected chi connectivity index (χ3v) is 5.49. The number of hydrogen-bond acceptors (Lipinski definition) is 5. The fraction of sp³-hybridized carbons (Fsp3) is 0.400. The van der Waals surface area contributed by atoms with E-state index in [1.165, 1.54) is 11.1 Å². The van der Waals surface area contributed by atoms with E-state index in [1.807, 2.05) is 17.0 Å². The molecule has 0 amide bonds. The van der Waals surface area contributed by atoms with Crippen molar-refractivity contribution in [2.24, 2.45) is 0 Å². The van der Waals surface area contributed by atoms with E-state index in [0.29, 0.717) is 42.4 Å². The predicted molar refractivity (Wildman–Crippen MR) is 120 cm³/mol. The summed E-state index contributed by atoms with van der Waals surface area (Å²) in [5.41, 5.74) is 3.24. The first kappa shape index (κ1) is 20.5. The van der Waals surface area contributed by atoms with Crippen LogP contribution in [0.1, 0.15) is 31.9 Å². The van der Waals surface area contributed by atoms with Gasteiger partial charge < -0.3 is 18.8 Å². The zero-order valence-electron chi connectivity index (χ0n) is 17.9. The van der Waals surface area contributed by atoms with E-state index < -0.39 is 0 Å². The average Bonchev–Trinajstić information content (AvgIpc) is 2.74. The van der Waals surface area contributed by atoms with Crippen LogP contribution in [-0.4, -0.2) is 32.9 Å². The Labute approximate surface area is 177 Å². The highest BCUT2D eigenvalue weighted by atomic mass is 16.5. The summed E-state index contributed by atoms with van der Waals surface area (Å²) >= 11 is 0. The van der Waals surface area contributed by atoms with Crippen LogP contribution in [0.5, 0.6) is 5.75 Å². The highest BCUT2D eigenvalue weighted by molar-refractivity contribution is 5.79. The van der Waals surface area contributed by atoms with Crippen molar-refractivity contribution in [2.45, 2.75) is 32.6 Å². The first-order valence-corrected chi connectivity index (χ1v) is 10.5. The van der Waals surface area contributed by atoms with E-state index in [-0.39, 0.29) is 10.8 Å². The first-order chi connectivity index (χ1) is 14.4. The Hall–Kier alpha value is -2.79. The van der Waals surface area contributed by atoms with E-state index in [2.05, 4.69) is 45.0 Å². The fourth-order valence-electron chi connectivity index (χ4n) is 3.61. The molecule has 4 rings (SSSR count). The van der Waals surface area contributed by atoms with Crippen molar-refractivity contribution in [3.8, 4) is 5.75 Å². The summed E-state index contributed by atoms with van der Waals surface area (Å²) in [6, 6.07) is 15.7. The summed E-state index contributed by atoms with van der Waals surface area (Å²) in [5.74, 6) is 1.29. The van der Waals surface area contributed by atoms with E-state index in [1.54, 1.807) is 12.1 Å². The standard InChI is InChI=1S/C25H29NO4/c1-25(2,3)19-6-4-18(5-7-19)10-13-29-20-8-9-21-22(27)17-24(30-23(21)16-20)26-11-14-28-15-12-26/h4-9,16-17H,10-15H2,1-3H3. The summed E-state index contributed by atoms with van der Waals surface area (Å²) in [6.45, 7) is 9.93. The molecule has 0 spiro atoms. The molecular weight excluding hydrogens is 378 g/mol. The molecule has 0 unspecified atom stereocenters. The maximum atomic E-state index is 12.5. The molecule has 3 aromatic rings. The molecule has 0 atom stereocenters. The van der Waals surface area contributed by atoms with Crippen LogP contribution < -0.4 is 15.1 Å². The Bertz CT molecular complexity index is 1060. The number of anilines is 1. The summed E-state index contributed by atoms with van der Waals surface area (Å²) in [6.07, 6.45) is 0.820. The minimum absolute atomic E-state index is 0.0387. The van der Waals surface area contributed by atoms with Crippen molar-refractivity contribution in [1.29, 1.82) is 0 Å². The van der Waals surface area contributed by atoms with Gasteiger partial charge in [0.1, 0.15) is 11.3 Å². The van der Waals surface area contributed by atoms with Crippen molar-refractivity contribution < 1.29 is 13.9 Å². The number of morpholine rings is 1. The molecular formula is C25H29NO4. The van der Waals surface area contributed by atoms with Gasteiger partial charge in [0.2, 0.25) is 0 Å². The minimum atomic E-state index is -0.0387. The monoisotopic (exact) mass is 407 g/mol. The predicted octanol–water partition coefficient (Wildman–Crippen LogP) is 4.55. The lowest BCUT2D eigenvalue weighted by Crippen LogP contribution is -2.36. The highest BCUT2D eigenvalue weighted by Gasteiger charge is 2.16. The van der Waals surface area contributed by atoms with Gasteiger partial charge in [-0.05, 0) is 28.7 Å². The number of fused-ring (bicyclic) bond motifs is 1. The van der Waals surface area contributed by atoms with Gasteiger partial charge in [-0.15, -0.1) is 0 Å². The Balaban J connectivity index is 1.44. The van der Waals surface area contributed by atoms with Crippen molar-refractivity contribution >= 4 is 16.9 Å². The van der Waals surface area contributed by atoms with Gasteiger partial charge in [0, 0.05) is 31.6 Å². The van der Waals surface area contributed by atoms with E-state index in [9.17, 15) is 4.79 Å². The second-order valence-corrected chi connectivity index (χ2v) is 8.75. The van der Waals surface area contributed by atoms with Gasteiger partial charge >= 0.3 is 0 Å². The maximum absolute atomic E-state index is 12.5. The molecule has 5 heteroatoms. The molecule has 0 N–H and O–H groups in total. The lowest BCUT2D eigenvalue weighted by molar-refractivity contribution is 0.121. The lowest BCUT2D eigenvalue weighted by atomic mass is 9.86. The number of nitrogens with zero attached hydrogens (tertiary/aromatic N) is 1. The van der Waals surface area contributed by atoms with Crippen LogP contribution in [0.25, 0.3) is 11.0 Å². The molecule has 0 bridgehead atoms. The summed E-state index contributed by atoms with van der Waals surface area (Å²) < 4.78 is 17.3. The fourth-order valence-corrected chi connectivity index (χ4v) is 3.61. The minimum Gasteiger partial charge on any atom is -0.493 e. The number of benzene rings is 2. The first-order valence-electron chi connectivity index (χ1n) is 10.5. The molecule has 1 aliphatic heterocycles. The summed E-state index contributed by atoms with van der Waals surface area (Å²) in [5, 5.41) is 0.567. The molecule has 1 aliphatic rings. The third-order valence-electron chi connectivity index (χ3n) is 5.49. The molecule has 0 aliphatic carbocycles. The van der Waals surface area contributed by atoms with Gasteiger partial charge in [-0.25, -0.2) is 0 Å². The van der Waals surface area contributed by atoms with Crippen molar-refractivity contribution in [1.82, 2.24) is 0 Å². The molecule has 2 heterocycles. The van der Waals surface area contributed by atoms with Gasteiger partial charge in [-0.2, -0.15) is 0 Å². The van der Waals surface area contributed by atoms with Crippen molar-refractivity contribution in [3.63, 3.8) is 0 Å². The molecule has 30 heavy (non-hydrogen) atoms. The second-order valence-electron chi connectivity index (χ2n) is 8.75. The zero-order chi connectivity index (χ0) is 21.1. The Morgan fingerprint density at radius 1 is 1.00 bits per heavy atom. The normalized spacial score (nSPS) is 14.8. The smallest absolute Gasteiger partial charge is 0.200 e. The molecule has 1 saturated heterocycles. The van der Waals surface area contributed by atoms with Crippen LogP contribution in [0, 0.1) is 0 Å². The van der Waals surface area contributed by atoms with Gasteiger partial charge in [-0.1, -0.05) is 45.0 Å². The quantitative estimate of drug-likeness (QED) is 0.621. The van der Waals surface area contributed by atoms with E-state index in [4.69, 9.17) is 13.9 Å². The summed E-state index contributed by atoms with van der Waals surface area (Å²) in [7, 11) is 0. The second kappa shape index (κ2) is 8.52. The maximum Gasteiger partial charge on any atom is 0.200 e. The average molecular weight is 408 g/mol. The molecule has 0 saturated carbocycles. The largest absolute Gasteiger partial charge is 0.493 e. The van der Waals surface area contributed by atoms with E-state index >= 15 is 0 Å². The van der Waals surface area contributed by atoms with Crippen molar-refractivity contribution in [3.05, 3.63) is 69.9 Å². The van der Waals surface area contributed by atoms with Crippen LogP contribution >= 0.6 is 0 Å². The van der Waals surface area contributed by atoms with Crippen LogP contribution in [0.2, 0.25) is 0 Å². The van der Waals surface area contributed by atoms with Gasteiger partial charge in [0.05, 0.1) is 25.2 Å².